The summed E-state index contributed by atoms with van der Waals surface area (Å²) in [5.41, 5.74) is 1.93. The zero-order chi connectivity index (χ0) is 13.7. The molecule has 1 aromatic heterocycles. The van der Waals surface area contributed by atoms with Gasteiger partial charge in [-0.2, -0.15) is 0 Å². The van der Waals surface area contributed by atoms with Crippen molar-refractivity contribution in [2.24, 2.45) is 0 Å². The highest BCUT2D eigenvalue weighted by molar-refractivity contribution is 5.37. The Balaban J connectivity index is 2.23. The average Bonchev–Trinajstić information content (AvgIpc) is 2.42. The van der Waals surface area contributed by atoms with Gasteiger partial charge in [-0.25, -0.2) is 9.97 Å². The average molecular weight is 259 g/mol. The SMILES string of the molecule is CNCc1cccc(Oc2ncnc(OC)c2C)c1. The zero-order valence-electron chi connectivity index (χ0n) is 11.3. The molecule has 19 heavy (non-hydrogen) atoms. The first-order valence-corrected chi connectivity index (χ1v) is 6.01. The van der Waals surface area contributed by atoms with Gasteiger partial charge in [0, 0.05) is 6.54 Å². The van der Waals surface area contributed by atoms with Gasteiger partial charge in [-0.3, -0.25) is 0 Å². The van der Waals surface area contributed by atoms with E-state index >= 15 is 0 Å². The molecule has 0 atom stereocenters. The number of nitrogens with one attached hydrogen (secondary N) is 1. The van der Waals surface area contributed by atoms with Crippen molar-refractivity contribution in [3.05, 3.63) is 41.7 Å². The molecule has 5 heteroatoms. The van der Waals surface area contributed by atoms with Crippen LogP contribution in [-0.4, -0.2) is 24.1 Å². The zero-order valence-corrected chi connectivity index (χ0v) is 11.3. The molecule has 0 saturated heterocycles. The van der Waals surface area contributed by atoms with Crippen LogP contribution in [0, 0.1) is 6.92 Å². The maximum Gasteiger partial charge on any atom is 0.229 e. The summed E-state index contributed by atoms with van der Waals surface area (Å²) in [5, 5.41) is 3.10. The van der Waals surface area contributed by atoms with Crippen molar-refractivity contribution in [2.45, 2.75) is 13.5 Å². The molecule has 0 unspecified atom stereocenters. The number of rotatable bonds is 5. The van der Waals surface area contributed by atoms with E-state index in [0.29, 0.717) is 11.8 Å². The molecule has 0 amide bonds. The molecule has 0 fully saturated rings. The summed E-state index contributed by atoms with van der Waals surface area (Å²) in [5.74, 6) is 1.78. The Morgan fingerprint density at radius 3 is 2.74 bits per heavy atom. The second-order valence-corrected chi connectivity index (χ2v) is 4.09. The second kappa shape index (κ2) is 6.15. The van der Waals surface area contributed by atoms with E-state index < -0.39 is 0 Å². The number of hydrogen-bond acceptors (Lipinski definition) is 5. The van der Waals surface area contributed by atoms with Crippen molar-refractivity contribution in [3.8, 4) is 17.5 Å². The Hall–Kier alpha value is -2.14. The van der Waals surface area contributed by atoms with Crippen LogP contribution in [0.25, 0.3) is 0 Å². The van der Waals surface area contributed by atoms with Crippen molar-refractivity contribution in [2.75, 3.05) is 14.2 Å². The summed E-state index contributed by atoms with van der Waals surface area (Å²) in [6.07, 6.45) is 1.43. The number of aromatic nitrogens is 2. The number of benzene rings is 1. The van der Waals surface area contributed by atoms with E-state index in [2.05, 4.69) is 15.3 Å². The molecule has 1 N–H and O–H groups in total. The van der Waals surface area contributed by atoms with E-state index in [4.69, 9.17) is 9.47 Å². The highest BCUT2D eigenvalue weighted by Crippen LogP contribution is 2.27. The minimum absolute atomic E-state index is 0.508. The van der Waals surface area contributed by atoms with Gasteiger partial charge < -0.3 is 14.8 Å². The highest BCUT2D eigenvalue weighted by Gasteiger charge is 2.09. The topological polar surface area (TPSA) is 56.3 Å². The minimum atomic E-state index is 0.508. The predicted molar refractivity (Wildman–Crippen MR) is 72.6 cm³/mol. The van der Waals surface area contributed by atoms with Crippen LogP contribution in [0.5, 0.6) is 17.5 Å². The maximum absolute atomic E-state index is 5.78. The number of hydrogen-bond donors (Lipinski definition) is 1. The largest absolute Gasteiger partial charge is 0.481 e. The lowest BCUT2D eigenvalue weighted by molar-refractivity contribution is 0.382. The monoisotopic (exact) mass is 259 g/mol. The van der Waals surface area contributed by atoms with Crippen LogP contribution >= 0.6 is 0 Å². The van der Waals surface area contributed by atoms with E-state index in [-0.39, 0.29) is 0 Å². The summed E-state index contributed by atoms with van der Waals surface area (Å²) in [4.78, 5) is 8.15. The van der Waals surface area contributed by atoms with Crippen LogP contribution in [0.3, 0.4) is 0 Å². The van der Waals surface area contributed by atoms with Gasteiger partial charge in [-0.15, -0.1) is 0 Å². The molecule has 1 heterocycles. The molecule has 0 aliphatic carbocycles. The molecule has 0 radical (unpaired) electrons. The Kier molecular flexibility index (Phi) is 4.30. The van der Waals surface area contributed by atoms with Crippen LogP contribution in [0.2, 0.25) is 0 Å². The fourth-order valence-electron chi connectivity index (χ4n) is 1.76. The van der Waals surface area contributed by atoms with Gasteiger partial charge >= 0.3 is 0 Å². The summed E-state index contributed by atoms with van der Waals surface area (Å²) in [6.45, 7) is 2.66. The fraction of sp³-hybridized carbons (Fsp3) is 0.286. The Morgan fingerprint density at radius 2 is 2.00 bits per heavy atom. The molecule has 2 aromatic rings. The minimum Gasteiger partial charge on any atom is -0.481 e. The van der Waals surface area contributed by atoms with Gasteiger partial charge in [-0.1, -0.05) is 12.1 Å². The molecule has 2 rings (SSSR count). The Labute approximate surface area is 112 Å². The van der Waals surface area contributed by atoms with Gasteiger partial charge in [0.25, 0.3) is 0 Å². The van der Waals surface area contributed by atoms with Crippen LogP contribution in [-0.2, 0) is 6.54 Å². The summed E-state index contributed by atoms with van der Waals surface area (Å²) in [6, 6.07) is 7.87. The van der Waals surface area contributed by atoms with Gasteiger partial charge in [0.05, 0.1) is 12.7 Å². The van der Waals surface area contributed by atoms with Gasteiger partial charge in [0.2, 0.25) is 11.8 Å². The third-order valence-corrected chi connectivity index (χ3v) is 2.68. The molecule has 100 valence electrons. The number of methoxy groups -OCH3 is 1. The molecule has 0 bridgehead atoms. The lowest BCUT2D eigenvalue weighted by atomic mass is 10.2. The van der Waals surface area contributed by atoms with Gasteiger partial charge in [0.15, 0.2) is 0 Å². The second-order valence-electron chi connectivity index (χ2n) is 4.09. The van der Waals surface area contributed by atoms with Crippen molar-refractivity contribution < 1.29 is 9.47 Å². The first-order valence-electron chi connectivity index (χ1n) is 6.01. The van der Waals surface area contributed by atoms with E-state index in [1.165, 1.54) is 6.33 Å². The molecule has 1 aromatic carbocycles. The van der Waals surface area contributed by atoms with Crippen molar-refractivity contribution >= 4 is 0 Å². The first-order chi connectivity index (χ1) is 9.24. The molecule has 0 saturated carbocycles. The standard InChI is InChI=1S/C14H17N3O2/c1-10-13(18-3)16-9-17-14(10)19-12-6-4-5-11(7-12)8-15-2/h4-7,9,15H,8H2,1-3H3. The highest BCUT2D eigenvalue weighted by atomic mass is 16.5. The molecule has 0 aliphatic heterocycles. The van der Waals surface area contributed by atoms with E-state index in [1.54, 1.807) is 7.11 Å². The van der Waals surface area contributed by atoms with Crippen molar-refractivity contribution in [3.63, 3.8) is 0 Å². The lowest BCUT2D eigenvalue weighted by Gasteiger charge is -2.10. The summed E-state index contributed by atoms with van der Waals surface area (Å²) >= 11 is 0. The maximum atomic E-state index is 5.78. The number of nitrogens with zero attached hydrogens (tertiary/aromatic N) is 2. The van der Waals surface area contributed by atoms with E-state index in [9.17, 15) is 0 Å². The molecule has 5 nitrogen and oxygen atoms in total. The Bertz CT molecular complexity index is 558. The molecule has 0 aliphatic rings. The molecular formula is C14H17N3O2. The molecular weight excluding hydrogens is 242 g/mol. The third kappa shape index (κ3) is 3.20. The van der Waals surface area contributed by atoms with Gasteiger partial charge in [0.1, 0.15) is 12.1 Å². The smallest absolute Gasteiger partial charge is 0.229 e. The van der Waals surface area contributed by atoms with E-state index in [0.717, 1.165) is 23.4 Å². The Morgan fingerprint density at radius 1 is 1.21 bits per heavy atom. The normalized spacial score (nSPS) is 10.3. The van der Waals surface area contributed by atoms with Crippen LogP contribution in [0.4, 0.5) is 0 Å². The lowest BCUT2D eigenvalue weighted by Crippen LogP contribution is -2.04. The molecule has 0 spiro atoms. The van der Waals surface area contributed by atoms with Crippen LogP contribution < -0.4 is 14.8 Å². The summed E-state index contributed by atoms with van der Waals surface area (Å²) in [7, 11) is 3.49. The number of ether oxygens (including phenoxy) is 2. The predicted octanol–water partition coefficient (Wildman–Crippen LogP) is 2.31. The van der Waals surface area contributed by atoms with Crippen molar-refractivity contribution in [1.29, 1.82) is 0 Å². The summed E-state index contributed by atoms with van der Waals surface area (Å²) < 4.78 is 10.9. The van der Waals surface area contributed by atoms with Crippen LogP contribution in [0.15, 0.2) is 30.6 Å². The van der Waals surface area contributed by atoms with Gasteiger partial charge in [-0.05, 0) is 31.7 Å². The first kappa shape index (κ1) is 13.3. The quantitative estimate of drug-likeness (QED) is 0.893. The van der Waals surface area contributed by atoms with Crippen molar-refractivity contribution in [1.82, 2.24) is 15.3 Å². The fourth-order valence-corrected chi connectivity index (χ4v) is 1.76. The third-order valence-electron chi connectivity index (χ3n) is 2.68. The van der Waals surface area contributed by atoms with E-state index in [1.807, 2.05) is 38.2 Å². The van der Waals surface area contributed by atoms with Crippen LogP contribution in [0.1, 0.15) is 11.1 Å².